The summed E-state index contributed by atoms with van der Waals surface area (Å²) >= 11 is 3.42. The van der Waals surface area contributed by atoms with Gasteiger partial charge < -0.3 is 0 Å². The Morgan fingerprint density at radius 1 is 1.00 bits per heavy atom. The van der Waals surface area contributed by atoms with E-state index in [1.165, 1.54) is 11.1 Å². The van der Waals surface area contributed by atoms with Crippen LogP contribution in [0, 0.1) is 0 Å². The minimum Gasteiger partial charge on any atom is -0.152 e. The summed E-state index contributed by atoms with van der Waals surface area (Å²) in [6.45, 7) is 4.05. The van der Waals surface area contributed by atoms with Crippen molar-refractivity contribution in [1.29, 1.82) is 0 Å². The molecule has 0 bridgehead atoms. The normalized spacial score (nSPS) is 10.0. The molecular weight excluding hydrogens is 184 g/mol. The van der Waals surface area contributed by atoms with Crippen LogP contribution in [0.3, 0.4) is 0 Å². The Kier molecular flexibility index (Phi) is 2.11. The number of rotatable bonds is 2. The van der Waals surface area contributed by atoms with Crippen molar-refractivity contribution in [2.24, 2.45) is 0 Å². The molecule has 0 saturated carbocycles. The van der Waals surface area contributed by atoms with Crippen LogP contribution in [-0.4, -0.2) is 0 Å². The maximum Gasteiger partial charge on any atom is -0.00147 e. The van der Waals surface area contributed by atoms with Gasteiger partial charge in [0.1, 0.15) is 0 Å². The molecule has 2 rings (SSSR count). The molecule has 60 valence electrons. The summed E-state index contributed by atoms with van der Waals surface area (Å²) in [6.07, 6.45) is 0. The van der Waals surface area contributed by atoms with Gasteiger partial charge in [0.05, 0.1) is 0 Å². The second-order valence-electron chi connectivity index (χ2n) is 2.50. The molecule has 0 fully saturated rings. The van der Waals surface area contributed by atoms with E-state index in [1.807, 2.05) is 0 Å². The molecule has 0 aliphatic rings. The Balaban J connectivity index is 2.34. The molecule has 2 heteroatoms. The van der Waals surface area contributed by atoms with Gasteiger partial charge in [-0.2, -0.15) is 22.7 Å². The molecule has 12 heavy (non-hydrogen) atoms. The number of hydrogen-bond donors (Lipinski definition) is 0. The van der Waals surface area contributed by atoms with E-state index < -0.39 is 0 Å². The SMILES string of the molecule is C=C(c1ccsc1)c1ccsc1. The summed E-state index contributed by atoms with van der Waals surface area (Å²) < 4.78 is 0. The van der Waals surface area contributed by atoms with Crippen molar-refractivity contribution >= 4 is 28.2 Å². The molecule has 0 aliphatic carbocycles. The summed E-state index contributed by atoms with van der Waals surface area (Å²) in [6, 6.07) is 4.20. The molecule has 0 amide bonds. The predicted octanol–water partition coefficient (Wildman–Crippen LogP) is 3.87. The highest BCUT2D eigenvalue weighted by Gasteiger charge is 2.01. The fourth-order valence-corrected chi connectivity index (χ4v) is 2.38. The third-order valence-electron chi connectivity index (χ3n) is 1.74. The smallest absolute Gasteiger partial charge is 0.00147 e. The van der Waals surface area contributed by atoms with Crippen molar-refractivity contribution in [2.75, 3.05) is 0 Å². The van der Waals surface area contributed by atoms with Crippen LogP contribution < -0.4 is 0 Å². The predicted molar refractivity (Wildman–Crippen MR) is 56.8 cm³/mol. The zero-order valence-electron chi connectivity index (χ0n) is 6.49. The van der Waals surface area contributed by atoms with Crippen molar-refractivity contribution in [3.05, 3.63) is 51.4 Å². The van der Waals surface area contributed by atoms with Gasteiger partial charge in [-0.15, -0.1) is 0 Å². The van der Waals surface area contributed by atoms with E-state index in [4.69, 9.17) is 0 Å². The van der Waals surface area contributed by atoms with Crippen LogP contribution in [0.5, 0.6) is 0 Å². The molecule has 0 unspecified atom stereocenters. The summed E-state index contributed by atoms with van der Waals surface area (Å²) in [5.74, 6) is 0. The van der Waals surface area contributed by atoms with Gasteiger partial charge in [0.2, 0.25) is 0 Å². The van der Waals surface area contributed by atoms with Crippen LogP contribution in [-0.2, 0) is 0 Å². The highest BCUT2D eigenvalue weighted by Crippen LogP contribution is 2.24. The lowest BCUT2D eigenvalue weighted by molar-refractivity contribution is 1.70. The zero-order valence-corrected chi connectivity index (χ0v) is 8.12. The first-order valence-electron chi connectivity index (χ1n) is 3.62. The monoisotopic (exact) mass is 192 g/mol. The Bertz CT molecular complexity index is 318. The zero-order chi connectivity index (χ0) is 8.39. The van der Waals surface area contributed by atoms with Crippen molar-refractivity contribution in [1.82, 2.24) is 0 Å². The molecular formula is C10H8S2. The van der Waals surface area contributed by atoms with Crippen LogP contribution in [0.2, 0.25) is 0 Å². The topological polar surface area (TPSA) is 0 Å². The average molecular weight is 192 g/mol. The molecule has 0 spiro atoms. The van der Waals surface area contributed by atoms with Crippen LogP contribution in [0.4, 0.5) is 0 Å². The largest absolute Gasteiger partial charge is 0.152 e. The van der Waals surface area contributed by atoms with Crippen molar-refractivity contribution in [3.8, 4) is 0 Å². The molecule has 2 heterocycles. The minimum absolute atomic E-state index is 1.12. The van der Waals surface area contributed by atoms with E-state index in [-0.39, 0.29) is 0 Å². The molecule has 0 atom stereocenters. The van der Waals surface area contributed by atoms with E-state index >= 15 is 0 Å². The Labute approximate surface area is 79.8 Å². The van der Waals surface area contributed by atoms with Gasteiger partial charge in [0.15, 0.2) is 0 Å². The van der Waals surface area contributed by atoms with Crippen LogP contribution in [0.1, 0.15) is 11.1 Å². The Morgan fingerprint density at radius 3 is 1.83 bits per heavy atom. The molecule has 2 aromatic rings. The molecule has 0 aliphatic heterocycles. The highest BCUT2D eigenvalue weighted by atomic mass is 32.1. The van der Waals surface area contributed by atoms with Gasteiger partial charge in [0.25, 0.3) is 0 Å². The third kappa shape index (κ3) is 1.36. The quantitative estimate of drug-likeness (QED) is 0.677. The third-order valence-corrected chi connectivity index (χ3v) is 3.11. The molecule has 0 N–H and O–H groups in total. The van der Waals surface area contributed by atoms with Gasteiger partial charge in [-0.05, 0) is 50.4 Å². The van der Waals surface area contributed by atoms with Gasteiger partial charge in [-0.1, -0.05) is 6.58 Å². The first kappa shape index (κ1) is 7.77. The van der Waals surface area contributed by atoms with Crippen molar-refractivity contribution in [2.45, 2.75) is 0 Å². The fourth-order valence-electron chi connectivity index (χ4n) is 1.04. The molecule has 0 saturated heterocycles. The molecule has 0 radical (unpaired) electrons. The molecule has 0 nitrogen and oxygen atoms in total. The average Bonchev–Trinajstić information content (AvgIpc) is 2.77. The Hall–Kier alpha value is -0.860. The van der Waals surface area contributed by atoms with Gasteiger partial charge >= 0.3 is 0 Å². The lowest BCUT2D eigenvalue weighted by Gasteiger charge is -1.97. The fraction of sp³-hybridized carbons (Fsp3) is 0. The van der Waals surface area contributed by atoms with E-state index in [0.29, 0.717) is 0 Å². The van der Waals surface area contributed by atoms with E-state index in [0.717, 1.165) is 5.57 Å². The van der Waals surface area contributed by atoms with Crippen molar-refractivity contribution < 1.29 is 0 Å². The first-order chi connectivity index (χ1) is 5.88. The summed E-state index contributed by atoms with van der Waals surface area (Å²) in [5.41, 5.74) is 3.59. The van der Waals surface area contributed by atoms with Gasteiger partial charge in [-0.3, -0.25) is 0 Å². The molecule has 0 aromatic carbocycles. The van der Waals surface area contributed by atoms with Crippen LogP contribution in [0.25, 0.3) is 5.57 Å². The van der Waals surface area contributed by atoms with E-state index in [2.05, 4.69) is 40.2 Å². The lowest BCUT2D eigenvalue weighted by atomic mass is 10.1. The van der Waals surface area contributed by atoms with Crippen molar-refractivity contribution in [3.63, 3.8) is 0 Å². The maximum atomic E-state index is 4.05. The van der Waals surface area contributed by atoms with Gasteiger partial charge in [0, 0.05) is 0 Å². The number of hydrogen-bond acceptors (Lipinski definition) is 2. The minimum atomic E-state index is 1.12. The molecule has 2 aromatic heterocycles. The highest BCUT2D eigenvalue weighted by molar-refractivity contribution is 7.08. The van der Waals surface area contributed by atoms with E-state index in [1.54, 1.807) is 22.7 Å². The summed E-state index contributed by atoms with van der Waals surface area (Å²) in [5, 5.41) is 8.40. The van der Waals surface area contributed by atoms with Gasteiger partial charge in [-0.25, -0.2) is 0 Å². The Morgan fingerprint density at radius 2 is 1.50 bits per heavy atom. The number of thiophene rings is 2. The second-order valence-corrected chi connectivity index (χ2v) is 4.06. The summed E-state index contributed by atoms with van der Waals surface area (Å²) in [4.78, 5) is 0. The van der Waals surface area contributed by atoms with Crippen LogP contribution >= 0.6 is 22.7 Å². The maximum absolute atomic E-state index is 4.05. The standard InChI is InChI=1S/C10H8S2/c1-8(9-2-4-11-6-9)10-3-5-12-7-10/h2-7H,1H2. The first-order valence-corrected chi connectivity index (χ1v) is 5.50. The van der Waals surface area contributed by atoms with E-state index in [9.17, 15) is 0 Å². The van der Waals surface area contributed by atoms with Crippen LogP contribution in [0.15, 0.2) is 40.2 Å². The summed E-state index contributed by atoms with van der Waals surface area (Å²) in [7, 11) is 0. The second kappa shape index (κ2) is 3.25. The lowest BCUT2D eigenvalue weighted by Crippen LogP contribution is -1.77.